The molecule has 0 bridgehead atoms. The molecule has 88 heavy (non-hydrogen) atoms. The van der Waals surface area contributed by atoms with Crippen LogP contribution in [0.4, 0.5) is 0 Å². The molecule has 0 rings (SSSR count). The summed E-state index contributed by atoms with van der Waals surface area (Å²) in [5, 5.41) is 10.6. The first-order valence-electron chi connectivity index (χ1n) is 36.1. The molecule has 0 saturated carbocycles. The zero-order valence-corrected chi connectivity index (χ0v) is 58.6. The van der Waals surface area contributed by atoms with E-state index in [1.807, 2.05) is 0 Å². The molecule has 3 N–H and O–H groups in total. The van der Waals surface area contributed by atoms with Crippen LogP contribution in [0.15, 0.2) is 0 Å². The third-order valence-electron chi connectivity index (χ3n) is 16.0. The molecule has 522 valence electrons. The Morgan fingerprint density at radius 2 is 0.523 bits per heavy atom. The van der Waals surface area contributed by atoms with E-state index in [0.717, 1.165) is 109 Å². The monoisotopic (exact) mass is 1300 g/mol. The lowest BCUT2D eigenvalue weighted by atomic mass is 10.0. The van der Waals surface area contributed by atoms with Crippen LogP contribution in [0.25, 0.3) is 0 Å². The summed E-state index contributed by atoms with van der Waals surface area (Å²) in [6.45, 7) is 7.22. The molecule has 5 atom stereocenters. The van der Waals surface area contributed by atoms with Gasteiger partial charge in [-0.15, -0.1) is 0 Å². The largest absolute Gasteiger partial charge is 0.472 e. The van der Waals surface area contributed by atoms with Gasteiger partial charge in [0, 0.05) is 25.7 Å². The Morgan fingerprint density at radius 3 is 0.773 bits per heavy atom. The number of unbranched alkanes of at least 4 members (excludes halogenated alkanes) is 41. The standard InChI is InChI=1S/C69H134O17P2/c1-6-9-12-15-18-21-22-27-31-34-39-43-48-53-67(72)80-59-65(86-69(74)55-50-45-40-35-32-29-26-24-23-25-28-30-33-36-41-46-51-62(4)5)61-84-88(77,78)82-57-63(70)56-81-87(75,76)83-60-64(85-68(73)54-49-44-38-20-17-14-11-8-3)58-79-66(71)52-47-42-37-19-16-13-10-7-2/h62-65,70H,6-61H2,1-5H3,(H,75,76)(H,77,78)/t63-,64+,65+/m0/s1. The van der Waals surface area contributed by atoms with E-state index in [9.17, 15) is 43.2 Å². The molecule has 0 spiro atoms. The number of ether oxygens (including phenoxy) is 4. The predicted molar refractivity (Wildman–Crippen MR) is 354 cm³/mol. The van der Waals surface area contributed by atoms with Crippen molar-refractivity contribution in [2.75, 3.05) is 39.6 Å². The van der Waals surface area contributed by atoms with Gasteiger partial charge in [0.15, 0.2) is 12.2 Å². The zero-order chi connectivity index (χ0) is 64.9. The Bertz CT molecular complexity index is 1700. The van der Waals surface area contributed by atoms with E-state index in [1.54, 1.807) is 0 Å². The van der Waals surface area contributed by atoms with Gasteiger partial charge in [-0.1, -0.05) is 304 Å². The van der Waals surface area contributed by atoms with Crippen LogP contribution in [0.5, 0.6) is 0 Å². The van der Waals surface area contributed by atoms with E-state index in [1.165, 1.54) is 167 Å². The van der Waals surface area contributed by atoms with Crippen molar-refractivity contribution >= 4 is 39.5 Å². The number of hydrogen-bond acceptors (Lipinski definition) is 15. The lowest BCUT2D eigenvalue weighted by Gasteiger charge is -2.21. The molecule has 17 nitrogen and oxygen atoms in total. The van der Waals surface area contributed by atoms with Crippen LogP contribution in [0.3, 0.4) is 0 Å². The average molecular weight is 1300 g/mol. The molecule has 0 aliphatic rings. The third kappa shape index (κ3) is 62.8. The minimum absolute atomic E-state index is 0.105. The molecule has 0 aromatic carbocycles. The Balaban J connectivity index is 5.16. The van der Waals surface area contributed by atoms with Crippen molar-refractivity contribution < 1.29 is 80.2 Å². The summed E-state index contributed by atoms with van der Waals surface area (Å²) in [5.41, 5.74) is 0. The normalized spacial score (nSPS) is 14.1. The van der Waals surface area contributed by atoms with E-state index in [2.05, 4.69) is 34.6 Å². The number of phosphoric ester groups is 2. The number of esters is 4. The fourth-order valence-electron chi connectivity index (χ4n) is 10.5. The maximum atomic E-state index is 13.0. The van der Waals surface area contributed by atoms with Gasteiger partial charge in [0.05, 0.1) is 26.4 Å². The summed E-state index contributed by atoms with van der Waals surface area (Å²) in [5.74, 6) is -1.32. The minimum Gasteiger partial charge on any atom is -0.462 e. The number of carbonyl (C=O) groups excluding carboxylic acids is 4. The third-order valence-corrected chi connectivity index (χ3v) is 17.9. The van der Waals surface area contributed by atoms with Gasteiger partial charge < -0.3 is 33.8 Å². The summed E-state index contributed by atoms with van der Waals surface area (Å²) in [6, 6.07) is 0. The van der Waals surface area contributed by atoms with Gasteiger partial charge in [0.1, 0.15) is 19.3 Å². The van der Waals surface area contributed by atoms with Gasteiger partial charge >= 0.3 is 39.5 Å². The second-order valence-electron chi connectivity index (χ2n) is 25.4. The van der Waals surface area contributed by atoms with Crippen molar-refractivity contribution in [2.45, 2.75) is 374 Å². The molecule has 0 fully saturated rings. The number of aliphatic hydroxyl groups is 1. The molecule has 0 aliphatic carbocycles. The van der Waals surface area contributed by atoms with Crippen molar-refractivity contribution in [3.05, 3.63) is 0 Å². The van der Waals surface area contributed by atoms with E-state index in [0.29, 0.717) is 25.7 Å². The van der Waals surface area contributed by atoms with Crippen molar-refractivity contribution in [3.63, 3.8) is 0 Å². The summed E-state index contributed by atoms with van der Waals surface area (Å²) < 4.78 is 68.1. The summed E-state index contributed by atoms with van der Waals surface area (Å²) in [6.07, 6.45) is 48.7. The number of phosphoric acid groups is 2. The zero-order valence-electron chi connectivity index (χ0n) is 56.9. The molecule has 0 amide bonds. The smallest absolute Gasteiger partial charge is 0.462 e. The van der Waals surface area contributed by atoms with E-state index >= 15 is 0 Å². The fourth-order valence-corrected chi connectivity index (χ4v) is 12.0. The van der Waals surface area contributed by atoms with Crippen molar-refractivity contribution in [1.29, 1.82) is 0 Å². The first kappa shape index (κ1) is 86.1. The van der Waals surface area contributed by atoms with Gasteiger partial charge in [-0.05, 0) is 31.6 Å². The Labute approximate surface area is 537 Å². The van der Waals surface area contributed by atoms with Gasteiger partial charge in [-0.2, -0.15) is 0 Å². The first-order valence-corrected chi connectivity index (χ1v) is 39.1. The molecule has 19 heteroatoms. The molecule has 0 aromatic rings. The van der Waals surface area contributed by atoms with Crippen LogP contribution in [-0.2, 0) is 65.4 Å². The quantitative estimate of drug-likeness (QED) is 0.0222. The highest BCUT2D eigenvalue weighted by Crippen LogP contribution is 2.45. The second kappa shape index (κ2) is 62.5. The molecule has 0 radical (unpaired) electrons. The maximum Gasteiger partial charge on any atom is 0.472 e. The Morgan fingerprint density at radius 1 is 0.307 bits per heavy atom. The topological polar surface area (TPSA) is 237 Å². The van der Waals surface area contributed by atoms with E-state index < -0.39 is 97.5 Å². The number of rotatable bonds is 69. The Hall–Kier alpha value is -1.94. The first-order chi connectivity index (χ1) is 42.5. The van der Waals surface area contributed by atoms with Crippen LogP contribution >= 0.6 is 15.6 Å². The van der Waals surface area contributed by atoms with Gasteiger partial charge in [-0.25, -0.2) is 9.13 Å². The van der Waals surface area contributed by atoms with E-state index in [4.69, 9.17) is 37.0 Å². The molecular weight excluding hydrogens is 1160 g/mol. The van der Waals surface area contributed by atoms with Crippen LogP contribution in [-0.4, -0.2) is 96.7 Å². The van der Waals surface area contributed by atoms with Gasteiger partial charge in [-0.3, -0.25) is 37.3 Å². The highest BCUT2D eigenvalue weighted by molar-refractivity contribution is 7.47. The number of carbonyl (C=O) groups is 4. The maximum absolute atomic E-state index is 13.0. The highest BCUT2D eigenvalue weighted by Gasteiger charge is 2.30. The van der Waals surface area contributed by atoms with Crippen molar-refractivity contribution in [3.8, 4) is 0 Å². The van der Waals surface area contributed by atoms with Crippen LogP contribution in [0.1, 0.15) is 356 Å². The molecule has 0 saturated heterocycles. The lowest BCUT2D eigenvalue weighted by Crippen LogP contribution is -2.30. The SMILES string of the molecule is CCCCCCCCCCCCCCCC(=O)OC[C@H](COP(=O)(O)OC[C@@H](O)COP(=O)(O)OC[C@@H](COC(=O)CCCCCCCCCC)OC(=O)CCCCCCCCCC)OC(=O)CCCCCCCCCCCCCCCCCCC(C)C. The minimum atomic E-state index is -4.95. The van der Waals surface area contributed by atoms with Crippen LogP contribution < -0.4 is 0 Å². The number of hydrogen-bond donors (Lipinski definition) is 3. The molecule has 2 unspecified atom stereocenters. The summed E-state index contributed by atoms with van der Waals surface area (Å²) >= 11 is 0. The van der Waals surface area contributed by atoms with E-state index in [-0.39, 0.29) is 25.7 Å². The van der Waals surface area contributed by atoms with Crippen LogP contribution in [0.2, 0.25) is 0 Å². The molecule has 0 aromatic heterocycles. The van der Waals surface area contributed by atoms with Gasteiger partial charge in [0.25, 0.3) is 0 Å². The molecule has 0 heterocycles. The van der Waals surface area contributed by atoms with Gasteiger partial charge in [0.2, 0.25) is 0 Å². The molecule has 0 aliphatic heterocycles. The Kier molecular flexibility index (Phi) is 61.1. The predicted octanol–water partition coefficient (Wildman–Crippen LogP) is 19.7. The fraction of sp³-hybridized carbons (Fsp3) is 0.942. The van der Waals surface area contributed by atoms with Crippen molar-refractivity contribution in [1.82, 2.24) is 0 Å². The summed E-state index contributed by atoms with van der Waals surface area (Å²) in [7, 11) is -9.89. The number of aliphatic hydroxyl groups excluding tert-OH is 1. The summed E-state index contributed by atoms with van der Waals surface area (Å²) in [4.78, 5) is 72.3. The average Bonchev–Trinajstić information content (AvgIpc) is 3.61. The lowest BCUT2D eigenvalue weighted by molar-refractivity contribution is -0.161. The highest BCUT2D eigenvalue weighted by atomic mass is 31.2. The van der Waals surface area contributed by atoms with Crippen molar-refractivity contribution in [2.24, 2.45) is 5.92 Å². The second-order valence-corrected chi connectivity index (χ2v) is 28.3. The molecular formula is C69H134O17P2. The van der Waals surface area contributed by atoms with Crippen LogP contribution in [0, 0.1) is 5.92 Å².